The second-order valence-corrected chi connectivity index (χ2v) is 18.3. The van der Waals surface area contributed by atoms with Crippen molar-refractivity contribution < 1.29 is 39.8 Å². The lowest BCUT2D eigenvalue weighted by molar-refractivity contribution is -0.302. The van der Waals surface area contributed by atoms with Gasteiger partial charge in [0, 0.05) is 6.42 Å². The summed E-state index contributed by atoms with van der Waals surface area (Å²) in [5.74, 6) is -0.212. The minimum Gasteiger partial charge on any atom is -0.394 e. The van der Waals surface area contributed by atoms with Crippen LogP contribution in [-0.4, -0.2) is 87.5 Å². The highest BCUT2D eigenvalue weighted by Gasteiger charge is 2.44. The standard InChI is InChI=1S/C56H99NO8/c1-3-5-7-9-11-13-15-17-19-21-22-23-24-25-26-27-28-30-31-33-35-37-39-41-43-45-50(59)49(48-64-56-55(63)54(62)53(61)51(47-58)65-56)57-52(60)46-44-42-40-38-36-34-32-29-20-18-16-14-12-10-8-6-4-2/h6,8,12,14,18,20,32,34-35,37,43,45,49-51,53-56,58-59,61-63H,3-5,7,9-11,13,15-17,19,21-31,33,36,38-42,44,46-48H2,1-2H3,(H,57,60)/b8-6-,14-12-,20-18-,34-32-,37-35+,45-43+. The van der Waals surface area contributed by atoms with Crippen molar-refractivity contribution in [3.05, 3.63) is 72.9 Å². The van der Waals surface area contributed by atoms with Crippen LogP contribution in [0.1, 0.15) is 219 Å². The number of rotatable bonds is 44. The van der Waals surface area contributed by atoms with Gasteiger partial charge < -0.3 is 40.3 Å². The smallest absolute Gasteiger partial charge is 0.220 e. The van der Waals surface area contributed by atoms with Gasteiger partial charge in [-0.1, -0.05) is 215 Å². The van der Waals surface area contributed by atoms with Crippen molar-refractivity contribution in [2.75, 3.05) is 13.2 Å². The van der Waals surface area contributed by atoms with Crippen LogP contribution in [0.3, 0.4) is 0 Å². The van der Waals surface area contributed by atoms with Crippen LogP contribution in [0.4, 0.5) is 0 Å². The number of allylic oxidation sites excluding steroid dienone is 11. The van der Waals surface area contributed by atoms with E-state index in [2.05, 4.69) is 79.9 Å². The van der Waals surface area contributed by atoms with Gasteiger partial charge in [0.25, 0.3) is 0 Å². The molecule has 9 nitrogen and oxygen atoms in total. The topological polar surface area (TPSA) is 149 Å². The summed E-state index contributed by atoms with van der Waals surface area (Å²) in [5.41, 5.74) is 0. The molecule has 1 saturated heterocycles. The van der Waals surface area contributed by atoms with Crippen LogP contribution in [0.2, 0.25) is 0 Å². The molecule has 1 aliphatic heterocycles. The van der Waals surface area contributed by atoms with Gasteiger partial charge in [-0.3, -0.25) is 4.79 Å². The first-order chi connectivity index (χ1) is 31.8. The Morgan fingerprint density at radius 1 is 0.538 bits per heavy atom. The first kappa shape index (κ1) is 60.6. The fourth-order valence-corrected chi connectivity index (χ4v) is 8.05. The molecule has 0 aromatic rings. The van der Waals surface area contributed by atoms with E-state index >= 15 is 0 Å². The predicted octanol–water partition coefficient (Wildman–Crippen LogP) is 12.5. The molecule has 0 saturated carbocycles. The molecular weight excluding hydrogens is 815 g/mol. The zero-order chi connectivity index (χ0) is 47.3. The molecule has 6 N–H and O–H groups in total. The molecule has 376 valence electrons. The van der Waals surface area contributed by atoms with Gasteiger partial charge in [0.15, 0.2) is 6.29 Å². The van der Waals surface area contributed by atoms with Gasteiger partial charge in [-0.15, -0.1) is 0 Å². The minimum absolute atomic E-state index is 0.212. The van der Waals surface area contributed by atoms with Gasteiger partial charge in [-0.2, -0.15) is 0 Å². The highest BCUT2D eigenvalue weighted by atomic mass is 16.7. The summed E-state index contributed by atoms with van der Waals surface area (Å²) in [6.45, 7) is 3.64. The summed E-state index contributed by atoms with van der Waals surface area (Å²) in [5, 5.41) is 54.3. The maximum atomic E-state index is 13.0. The van der Waals surface area contributed by atoms with Crippen LogP contribution in [0, 0.1) is 0 Å². The minimum atomic E-state index is -1.58. The molecule has 7 unspecified atom stereocenters. The average molecular weight is 914 g/mol. The molecule has 0 radical (unpaired) electrons. The quantitative estimate of drug-likeness (QED) is 0.0261. The number of carbonyl (C=O) groups excluding carboxylic acids is 1. The number of hydrogen-bond acceptors (Lipinski definition) is 8. The van der Waals surface area contributed by atoms with Crippen molar-refractivity contribution in [2.24, 2.45) is 0 Å². The van der Waals surface area contributed by atoms with E-state index in [4.69, 9.17) is 9.47 Å². The lowest BCUT2D eigenvalue weighted by Crippen LogP contribution is -2.60. The second kappa shape index (κ2) is 45.4. The van der Waals surface area contributed by atoms with Crippen molar-refractivity contribution in [3.63, 3.8) is 0 Å². The molecule has 0 bridgehead atoms. The molecule has 1 amide bonds. The molecule has 1 heterocycles. The maximum absolute atomic E-state index is 13.0. The Hall–Kier alpha value is -2.37. The second-order valence-electron chi connectivity index (χ2n) is 18.3. The summed E-state index contributed by atoms with van der Waals surface area (Å²) in [7, 11) is 0. The third-order valence-corrected chi connectivity index (χ3v) is 12.3. The molecule has 1 aliphatic rings. The first-order valence-corrected chi connectivity index (χ1v) is 26.7. The van der Waals surface area contributed by atoms with Crippen LogP contribution in [-0.2, 0) is 14.3 Å². The zero-order valence-electron chi connectivity index (χ0n) is 41.5. The third kappa shape index (κ3) is 35.4. The van der Waals surface area contributed by atoms with Gasteiger partial charge in [0.1, 0.15) is 24.4 Å². The van der Waals surface area contributed by atoms with Gasteiger partial charge in [-0.25, -0.2) is 0 Å². The fraction of sp³-hybridized carbons (Fsp3) is 0.768. The van der Waals surface area contributed by atoms with E-state index in [-0.39, 0.29) is 12.5 Å². The number of nitrogens with one attached hydrogen (secondary N) is 1. The van der Waals surface area contributed by atoms with Gasteiger partial charge >= 0.3 is 0 Å². The molecule has 0 aliphatic carbocycles. The summed E-state index contributed by atoms with van der Waals surface area (Å²) >= 11 is 0. The lowest BCUT2D eigenvalue weighted by atomic mass is 9.99. The van der Waals surface area contributed by atoms with E-state index in [1.807, 2.05) is 6.08 Å². The molecule has 0 aromatic heterocycles. The van der Waals surface area contributed by atoms with Crippen molar-refractivity contribution >= 4 is 5.91 Å². The van der Waals surface area contributed by atoms with Crippen LogP contribution in [0.25, 0.3) is 0 Å². The number of ether oxygens (including phenoxy) is 2. The Kier molecular flexibility index (Phi) is 42.4. The Balaban J connectivity index is 2.30. The third-order valence-electron chi connectivity index (χ3n) is 12.3. The Morgan fingerprint density at radius 2 is 0.969 bits per heavy atom. The summed E-state index contributed by atoms with van der Waals surface area (Å²) in [4.78, 5) is 13.0. The van der Waals surface area contributed by atoms with Gasteiger partial charge in [0.05, 0.1) is 25.4 Å². The van der Waals surface area contributed by atoms with Crippen LogP contribution in [0.15, 0.2) is 72.9 Å². The normalized spacial score (nSPS) is 20.5. The average Bonchev–Trinajstić information content (AvgIpc) is 3.31. The Morgan fingerprint density at radius 3 is 1.48 bits per heavy atom. The van der Waals surface area contributed by atoms with Crippen LogP contribution < -0.4 is 5.32 Å². The molecule has 1 fully saturated rings. The van der Waals surface area contributed by atoms with E-state index in [1.165, 1.54) is 122 Å². The number of hydrogen-bond donors (Lipinski definition) is 6. The largest absolute Gasteiger partial charge is 0.394 e. The number of aliphatic hydroxyl groups excluding tert-OH is 5. The Labute approximate surface area is 398 Å². The van der Waals surface area contributed by atoms with Crippen molar-refractivity contribution in [1.82, 2.24) is 5.32 Å². The summed E-state index contributed by atoms with van der Waals surface area (Å²) in [6, 6.07) is -0.839. The monoisotopic (exact) mass is 914 g/mol. The molecule has 0 aromatic carbocycles. The zero-order valence-corrected chi connectivity index (χ0v) is 41.5. The van der Waals surface area contributed by atoms with E-state index in [9.17, 15) is 30.3 Å². The van der Waals surface area contributed by atoms with Crippen molar-refractivity contribution in [1.29, 1.82) is 0 Å². The van der Waals surface area contributed by atoms with E-state index in [0.29, 0.717) is 6.42 Å². The number of aliphatic hydroxyl groups is 5. The fourth-order valence-electron chi connectivity index (χ4n) is 8.05. The molecule has 0 spiro atoms. The van der Waals surface area contributed by atoms with E-state index in [0.717, 1.165) is 77.0 Å². The number of unbranched alkanes of at least 4 members (excludes halogenated alkanes) is 24. The molecule has 65 heavy (non-hydrogen) atoms. The van der Waals surface area contributed by atoms with Crippen molar-refractivity contribution in [2.45, 2.75) is 262 Å². The predicted molar refractivity (Wildman–Crippen MR) is 272 cm³/mol. The van der Waals surface area contributed by atoms with Gasteiger partial charge in [0.2, 0.25) is 5.91 Å². The molecule has 9 heteroatoms. The molecule has 1 rings (SSSR count). The van der Waals surface area contributed by atoms with Crippen LogP contribution >= 0.6 is 0 Å². The highest BCUT2D eigenvalue weighted by Crippen LogP contribution is 2.23. The van der Waals surface area contributed by atoms with E-state index < -0.39 is 49.5 Å². The maximum Gasteiger partial charge on any atom is 0.220 e. The number of amides is 1. The van der Waals surface area contributed by atoms with Gasteiger partial charge in [-0.05, 0) is 70.6 Å². The van der Waals surface area contributed by atoms with Crippen molar-refractivity contribution in [3.8, 4) is 0 Å². The number of carbonyl (C=O) groups is 1. The highest BCUT2D eigenvalue weighted by molar-refractivity contribution is 5.76. The lowest BCUT2D eigenvalue weighted by Gasteiger charge is -2.40. The van der Waals surface area contributed by atoms with Crippen LogP contribution in [0.5, 0.6) is 0 Å². The Bertz CT molecular complexity index is 1240. The summed E-state index contributed by atoms with van der Waals surface area (Å²) in [6.07, 6.45) is 55.4. The van der Waals surface area contributed by atoms with E-state index in [1.54, 1.807) is 6.08 Å². The summed E-state index contributed by atoms with van der Waals surface area (Å²) < 4.78 is 11.2. The first-order valence-electron chi connectivity index (χ1n) is 26.7. The SMILES string of the molecule is CC/C=C\C/C=C\C/C=C\C/C=C\CCCCCCC(=O)NC(COC1OC(CO)C(O)C(O)C1O)C(O)/C=C/CC/C=C/CCCCCCCCCCCCCCCCCCCCC. The molecular formula is C56H99NO8. The molecule has 7 atom stereocenters.